The molecule has 1 aliphatic heterocycles. The van der Waals surface area contributed by atoms with Gasteiger partial charge in [0.1, 0.15) is 0 Å². The van der Waals surface area contributed by atoms with Crippen molar-refractivity contribution in [3.8, 4) is 0 Å². The van der Waals surface area contributed by atoms with Gasteiger partial charge in [-0.3, -0.25) is 14.5 Å². The van der Waals surface area contributed by atoms with Gasteiger partial charge in [0.2, 0.25) is 11.8 Å². The van der Waals surface area contributed by atoms with Gasteiger partial charge < -0.3 is 10.2 Å². The van der Waals surface area contributed by atoms with E-state index in [4.69, 9.17) is 0 Å². The van der Waals surface area contributed by atoms with Gasteiger partial charge >= 0.3 is 0 Å². The van der Waals surface area contributed by atoms with Crippen LogP contribution in [0, 0.1) is 13.8 Å². The fraction of sp³-hybridized carbons (Fsp3) is 0.619. The number of aryl methyl sites for hydroxylation is 2. The van der Waals surface area contributed by atoms with Crippen molar-refractivity contribution in [2.24, 2.45) is 0 Å². The van der Waals surface area contributed by atoms with E-state index in [1.54, 1.807) is 0 Å². The molecule has 0 bridgehead atoms. The highest BCUT2D eigenvalue weighted by molar-refractivity contribution is 5.94. The van der Waals surface area contributed by atoms with Crippen molar-refractivity contribution in [2.45, 2.75) is 72.0 Å². The first-order valence-electron chi connectivity index (χ1n) is 9.60. The average Bonchev–Trinajstić information content (AvgIpc) is 2.57. The molecule has 5 heteroatoms. The number of likely N-dealkylation sites (N-methyl/N-ethyl adjacent to an activating group) is 1. The maximum atomic E-state index is 13.0. The van der Waals surface area contributed by atoms with Crippen molar-refractivity contribution in [3.05, 3.63) is 29.3 Å². The van der Waals surface area contributed by atoms with Crippen LogP contribution >= 0.6 is 0 Å². The van der Waals surface area contributed by atoms with Crippen molar-refractivity contribution < 1.29 is 9.59 Å². The van der Waals surface area contributed by atoms with Gasteiger partial charge in [-0.25, -0.2) is 0 Å². The molecule has 26 heavy (non-hydrogen) atoms. The monoisotopic (exact) mass is 359 g/mol. The fourth-order valence-electron chi connectivity index (χ4n) is 3.81. The normalized spacial score (nSPS) is 21.6. The Morgan fingerprint density at radius 1 is 1.19 bits per heavy atom. The van der Waals surface area contributed by atoms with Gasteiger partial charge in [-0.15, -0.1) is 0 Å². The van der Waals surface area contributed by atoms with Crippen molar-refractivity contribution in [3.63, 3.8) is 0 Å². The molecule has 144 valence electrons. The zero-order valence-corrected chi connectivity index (χ0v) is 17.0. The first kappa shape index (κ1) is 20.4. The van der Waals surface area contributed by atoms with Crippen LogP contribution in [0.25, 0.3) is 0 Å². The van der Waals surface area contributed by atoms with Gasteiger partial charge in [0.25, 0.3) is 0 Å². The summed E-state index contributed by atoms with van der Waals surface area (Å²) in [5.41, 5.74) is 2.95. The maximum Gasteiger partial charge on any atom is 0.240 e. The summed E-state index contributed by atoms with van der Waals surface area (Å²) in [6, 6.07) is 6.17. The molecule has 1 aromatic rings. The number of anilines is 1. The lowest BCUT2D eigenvalue weighted by Crippen LogP contribution is -2.54. The van der Waals surface area contributed by atoms with Crippen molar-refractivity contribution >= 4 is 17.5 Å². The highest BCUT2D eigenvalue weighted by Gasteiger charge is 2.33. The molecule has 1 saturated heterocycles. The average molecular weight is 360 g/mol. The minimum Gasteiger partial charge on any atom is -0.336 e. The smallest absolute Gasteiger partial charge is 0.240 e. The lowest BCUT2D eigenvalue weighted by molar-refractivity contribution is -0.142. The van der Waals surface area contributed by atoms with Crippen LogP contribution in [0.5, 0.6) is 0 Å². The molecule has 1 aliphatic rings. The number of hydrogen-bond acceptors (Lipinski definition) is 3. The summed E-state index contributed by atoms with van der Waals surface area (Å²) < 4.78 is 0. The second kappa shape index (κ2) is 8.67. The molecule has 1 aromatic carbocycles. The molecule has 2 rings (SSSR count). The van der Waals surface area contributed by atoms with Crippen LogP contribution < -0.4 is 5.32 Å². The predicted octanol–water partition coefficient (Wildman–Crippen LogP) is 3.35. The van der Waals surface area contributed by atoms with E-state index in [0.717, 1.165) is 29.7 Å². The Labute approximate surface area is 157 Å². The summed E-state index contributed by atoms with van der Waals surface area (Å²) in [5, 5.41) is 2.99. The van der Waals surface area contributed by atoms with Gasteiger partial charge in [-0.05, 0) is 72.1 Å². The largest absolute Gasteiger partial charge is 0.336 e. The van der Waals surface area contributed by atoms with E-state index in [-0.39, 0.29) is 36.5 Å². The number of benzene rings is 1. The van der Waals surface area contributed by atoms with Gasteiger partial charge in [-0.2, -0.15) is 0 Å². The minimum absolute atomic E-state index is 0.0932. The van der Waals surface area contributed by atoms with Crippen LogP contribution in [-0.4, -0.2) is 53.3 Å². The molecule has 5 nitrogen and oxygen atoms in total. The highest BCUT2D eigenvalue weighted by Crippen LogP contribution is 2.24. The lowest BCUT2D eigenvalue weighted by Gasteiger charge is -2.41. The zero-order chi connectivity index (χ0) is 19.4. The van der Waals surface area contributed by atoms with E-state index in [9.17, 15) is 9.59 Å². The Morgan fingerprint density at radius 3 is 2.27 bits per heavy atom. The highest BCUT2D eigenvalue weighted by atomic mass is 16.2. The molecule has 0 aromatic heterocycles. The number of carbonyl (C=O) groups is 2. The number of carbonyl (C=O) groups excluding carboxylic acids is 2. The Kier molecular flexibility index (Phi) is 6.81. The van der Waals surface area contributed by atoms with Crippen LogP contribution in [0.15, 0.2) is 18.2 Å². The molecule has 3 atom stereocenters. The predicted molar refractivity (Wildman–Crippen MR) is 106 cm³/mol. The van der Waals surface area contributed by atoms with Crippen molar-refractivity contribution in [2.75, 3.05) is 18.9 Å². The zero-order valence-electron chi connectivity index (χ0n) is 17.0. The number of para-hydroxylation sites is 1. The number of hydrogen-bond donors (Lipinski definition) is 1. The van der Waals surface area contributed by atoms with Crippen LogP contribution in [0.1, 0.15) is 51.2 Å². The van der Waals surface area contributed by atoms with Gasteiger partial charge in [0, 0.05) is 17.8 Å². The number of piperidine rings is 1. The topological polar surface area (TPSA) is 52.7 Å². The molecule has 2 amide bonds. The minimum atomic E-state index is -0.318. The number of likely N-dealkylation sites (tertiary alicyclic amines) is 1. The summed E-state index contributed by atoms with van der Waals surface area (Å²) in [7, 11) is 1.84. The Morgan fingerprint density at radius 2 is 1.73 bits per heavy atom. The second-order valence-corrected chi connectivity index (χ2v) is 7.78. The van der Waals surface area contributed by atoms with Crippen LogP contribution in [0.2, 0.25) is 0 Å². The van der Waals surface area contributed by atoms with E-state index in [0.29, 0.717) is 0 Å². The van der Waals surface area contributed by atoms with E-state index in [2.05, 4.69) is 19.2 Å². The molecule has 0 unspecified atom stereocenters. The summed E-state index contributed by atoms with van der Waals surface area (Å²) in [4.78, 5) is 29.3. The second-order valence-electron chi connectivity index (χ2n) is 7.78. The SMILES string of the molecule is Cc1cccc(C)c1NC(=O)CN(C)[C@H](C)C(=O)N1[C@H](C)CCC[C@@H]1C. The number of nitrogens with zero attached hydrogens (tertiary/aromatic N) is 2. The first-order valence-corrected chi connectivity index (χ1v) is 9.60. The third kappa shape index (κ3) is 4.64. The molecule has 0 aliphatic carbocycles. The fourth-order valence-corrected chi connectivity index (χ4v) is 3.81. The number of nitrogens with one attached hydrogen (secondary N) is 1. The standard InChI is InChI=1S/C21H33N3O2/c1-14-9-7-10-15(2)20(14)22-19(25)13-23(6)18(5)21(26)24-16(3)11-8-12-17(24)4/h7,9-10,16-18H,8,11-13H2,1-6H3,(H,22,25)/t16-,17+,18-/m1/s1. The molecule has 0 saturated carbocycles. The molecule has 0 spiro atoms. The molecule has 0 radical (unpaired) electrons. The lowest BCUT2D eigenvalue weighted by atomic mass is 9.96. The van der Waals surface area contributed by atoms with E-state index in [1.165, 1.54) is 6.42 Å². The Hall–Kier alpha value is -1.88. The Balaban J connectivity index is 1.98. The van der Waals surface area contributed by atoms with E-state index < -0.39 is 0 Å². The molecule has 1 fully saturated rings. The molecular formula is C21H33N3O2. The van der Waals surface area contributed by atoms with Crippen LogP contribution in [0.4, 0.5) is 5.69 Å². The third-order valence-electron chi connectivity index (χ3n) is 5.61. The summed E-state index contributed by atoms with van der Waals surface area (Å²) in [5.74, 6) is 0.0244. The molecular weight excluding hydrogens is 326 g/mol. The van der Waals surface area contributed by atoms with Gasteiger partial charge in [0.15, 0.2) is 0 Å². The number of rotatable bonds is 5. The van der Waals surface area contributed by atoms with Crippen LogP contribution in [0.3, 0.4) is 0 Å². The maximum absolute atomic E-state index is 13.0. The van der Waals surface area contributed by atoms with E-state index >= 15 is 0 Å². The molecule has 1 N–H and O–H groups in total. The van der Waals surface area contributed by atoms with Crippen molar-refractivity contribution in [1.29, 1.82) is 0 Å². The van der Waals surface area contributed by atoms with Gasteiger partial charge in [-0.1, -0.05) is 18.2 Å². The number of amides is 2. The quantitative estimate of drug-likeness (QED) is 0.877. The van der Waals surface area contributed by atoms with Gasteiger partial charge in [0.05, 0.1) is 12.6 Å². The first-order chi connectivity index (χ1) is 12.2. The molecule has 1 heterocycles. The van der Waals surface area contributed by atoms with Crippen LogP contribution in [-0.2, 0) is 9.59 Å². The summed E-state index contributed by atoms with van der Waals surface area (Å²) in [6.07, 6.45) is 3.29. The van der Waals surface area contributed by atoms with Crippen molar-refractivity contribution in [1.82, 2.24) is 9.80 Å². The van der Waals surface area contributed by atoms with E-state index in [1.807, 2.05) is 55.8 Å². The summed E-state index contributed by atoms with van der Waals surface area (Å²) in [6.45, 7) is 10.3. The Bertz CT molecular complexity index is 628. The third-order valence-corrected chi connectivity index (χ3v) is 5.61. The summed E-state index contributed by atoms with van der Waals surface area (Å²) >= 11 is 0.